The third-order valence-corrected chi connectivity index (χ3v) is 3.25. The second kappa shape index (κ2) is 6.47. The van der Waals surface area contributed by atoms with Gasteiger partial charge in [0.25, 0.3) is 5.69 Å². The molecule has 5 heteroatoms. The maximum Gasteiger partial charge on any atom is 0.269 e. The summed E-state index contributed by atoms with van der Waals surface area (Å²) in [7, 11) is 0. The van der Waals surface area contributed by atoms with E-state index in [0.29, 0.717) is 12.6 Å². The predicted molar refractivity (Wildman–Crippen MR) is 70.4 cm³/mol. The largest absolute Gasteiger partial charge is 0.313 e. The van der Waals surface area contributed by atoms with E-state index in [-0.39, 0.29) is 10.6 Å². The van der Waals surface area contributed by atoms with Crippen molar-refractivity contribution in [1.29, 1.82) is 0 Å². The molecule has 0 radical (unpaired) electrons. The number of nitro benzene ring substituents is 1. The molecular formula is C13H19N3O2. The molecular weight excluding hydrogens is 230 g/mol. The number of hydrogen-bond acceptors (Lipinski definition) is 4. The quantitative estimate of drug-likeness (QED) is 0.617. The molecule has 1 aromatic rings. The van der Waals surface area contributed by atoms with E-state index in [1.165, 1.54) is 25.3 Å². The van der Waals surface area contributed by atoms with Gasteiger partial charge in [-0.25, -0.2) is 0 Å². The lowest BCUT2D eigenvalue weighted by Crippen LogP contribution is -2.41. The van der Waals surface area contributed by atoms with E-state index in [1.807, 2.05) is 6.07 Å². The van der Waals surface area contributed by atoms with Crippen molar-refractivity contribution in [2.45, 2.75) is 31.8 Å². The van der Waals surface area contributed by atoms with Crippen LogP contribution in [0.4, 0.5) is 5.69 Å². The van der Waals surface area contributed by atoms with Crippen LogP contribution in [0.15, 0.2) is 24.3 Å². The van der Waals surface area contributed by atoms with Crippen LogP contribution in [0.3, 0.4) is 0 Å². The van der Waals surface area contributed by atoms with Crippen molar-refractivity contribution in [3.8, 4) is 0 Å². The topological polar surface area (TPSA) is 67.2 Å². The van der Waals surface area contributed by atoms with Crippen LogP contribution in [0.5, 0.6) is 0 Å². The van der Waals surface area contributed by atoms with Crippen molar-refractivity contribution >= 4 is 5.69 Å². The summed E-state index contributed by atoms with van der Waals surface area (Å²) in [6.07, 6.45) is 3.76. The fourth-order valence-electron chi connectivity index (χ4n) is 2.27. The van der Waals surface area contributed by atoms with E-state index >= 15 is 0 Å². The molecule has 0 aromatic heterocycles. The third-order valence-electron chi connectivity index (χ3n) is 3.25. The molecule has 2 rings (SSSR count). The molecule has 1 heterocycles. The number of rotatable bonds is 5. The first-order chi connectivity index (χ1) is 8.75. The first-order valence-corrected chi connectivity index (χ1v) is 6.43. The summed E-state index contributed by atoms with van der Waals surface area (Å²) in [5.74, 6) is 0. The molecule has 0 saturated carbocycles. The van der Waals surface area contributed by atoms with Gasteiger partial charge in [0, 0.05) is 31.3 Å². The van der Waals surface area contributed by atoms with Gasteiger partial charge < -0.3 is 10.6 Å². The van der Waals surface area contributed by atoms with E-state index < -0.39 is 0 Å². The summed E-state index contributed by atoms with van der Waals surface area (Å²) in [6, 6.07) is 7.33. The van der Waals surface area contributed by atoms with Crippen LogP contribution in [-0.2, 0) is 6.54 Å². The minimum atomic E-state index is -0.355. The van der Waals surface area contributed by atoms with E-state index in [0.717, 1.165) is 18.7 Å². The monoisotopic (exact) mass is 249 g/mol. The minimum Gasteiger partial charge on any atom is -0.313 e. The Morgan fingerprint density at radius 2 is 2.33 bits per heavy atom. The summed E-state index contributed by atoms with van der Waals surface area (Å²) in [6.45, 7) is 2.70. The normalized spacial score (nSPS) is 19.7. The van der Waals surface area contributed by atoms with Crippen LogP contribution in [0, 0.1) is 10.1 Å². The summed E-state index contributed by atoms with van der Waals surface area (Å²) in [5, 5.41) is 17.5. The lowest BCUT2D eigenvalue weighted by atomic mass is 10.1. The third kappa shape index (κ3) is 3.78. The molecule has 2 N–H and O–H groups in total. The van der Waals surface area contributed by atoms with Crippen molar-refractivity contribution in [2.24, 2.45) is 0 Å². The highest BCUT2D eigenvalue weighted by Gasteiger charge is 2.11. The van der Waals surface area contributed by atoms with Crippen LogP contribution in [0.25, 0.3) is 0 Å². The van der Waals surface area contributed by atoms with Gasteiger partial charge in [0.2, 0.25) is 0 Å². The maximum atomic E-state index is 10.6. The number of non-ortho nitro benzene ring substituents is 1. The van der Waals surface area contributed by atoms with E-state index in [1.54, 1.807) is 12.1 Å². The second-order valence-corrected chi connectivity index (χ2v) is 4.70. The number of benzene rings is 1. The molecule has 18 heavy (non-hydrogen) atoms. The molecule has 0 aliphatic carbocycles. The van der Waals surface area contributed by atoms with Gasteiger partial charge in [-0.3, -0.25) is 10.1 Å². The lowest BCUT2D eigenvalue weighted by molar-refractivity contribution is -0.384. The van der Waals surface area contributed by atoms with E-state index in [4.69, 9.17) is 0 Å². The van der Waals surface area contributed by atoms with Gasteiger partial charge in [-0.2, -0.15) is 0 Å². The Hall–Kier alpha value is -1.46. The zero-order valence-electron chi connectivity index (χ0n) is 10.4. The summed E-state index contributed by atoms with van der Waals surface area (Å²) in [5.41, 5.74) is 1.12. The fourth-order valence-corrected chi connectivity index (χ4v) is 2.27. The zero-order valence-corrected chi connectivity index (χ0v) is 10.4. The smallest absolute Gasteiger partial charge is 0.269 e. The predicted octanol–water partition coefficient (Wildman–Crippen LogP) is 1.83. The molecule has 1 fully saturated rings. The fraction of sp³-hybridized carbons (Fsp3) is 0.538. The Labute approximate surface area is 107 Å². The van der Waals surface area contributed by atoms with Crippen molar-refractivity contribution in [3.63, 3.8) is 0 Å². The number of nitrogens with one attached hydrogen (secondary N) is 2. The number of piperidine rings is 1. The van der Waals surface area contributed by atoms with Crippen molar-refractivity contribution in [2.75, 3.05) is 13.1 Å². The Morgan fingerprint density at radius 3 is 3.06 bits per heavy atom. The number of nitrogens with zero attached hydrogens (tertiary/aromatic N) is 1. The van der Waals surface area contributed by atoms with Crippen molar-refractivity contribution in [3.05, 3.63) is 39.9 Å². The van der Waals surface area contributed by atoms with Gasteiger partial charge in [-0.15, -0.1) is 0 Å². The van der Waals surface area contributed by atoms with E-state index in [2.05, 4.69) is 10.6 Å². The second-order valence-electron chi connectivity index (χ2n) is 4.70. The molecule has 1 aliphatic rings. The van der Waals surface area contributed by atoms with Gasteiger partial charge >= 0.3 is 0 Å². The van der Waals surface area contributed by atoms with Gasteiger partial charge in [0.1, 0.15) is 0 Å². The molecule has 0 bridgehead atoms. The van der Waals surface area contributed by atoms with Crippen LogP contribution in [-0.4, -0.2) is 24.1 Å². The molecule has 1 unspecified atom stereocenters. The molecule has 0 amide bonds. The van der Waals surface area contributed by atoms with Crippen LogP contribution >= 0.6 is 0 Å². The summed E-state index contributed by atoms with van der Waals surface area (Å²) in [4.78, 5) is 10.3. The Bertz CT molecular complexity index is 403. The van der Waals surface area contributed by atoms with Crippen LogP contribution in [0.1, 0.15) is 24.8 Å². The number of hydrogen-bond donors (Lipinski definition) is 2. The molecule has 1 atom stereocenters. The van der Waals surface area contributed by atoms with Crippen LogP contribution < -0.4 is 10.6 Å². The van der Waals surface area contributed by atoms with Gasteiger partial charge in [-0.05, 0) is 24.9 Å². The Morgan fingerprint density at radius 1 is 1.44 bits per heavy atom. The summed E-state index contributed by atoms with van der Waals surface area (Å²) < 4.78 is 0. The van der Waals surface area contributed by atoms with Crippen molar-refractivity contribution in [1.82, 2.24) is 10.6 Å². The van der Waals surface area contributed by atoms with Crippen LogP contribution in [0.2, 0.25) is 0 Å². The molecule has 1 aromatic carbocycles. The minimum absolute atomic E-state index is 0.157. The Balaban J connectivity index is 1.78. The van der Waals surface area contributed by atoms with E-state index in [9.17, 15) is 10.1 Å². The average molecular weight is 249 g/mol. The standard InChI is InChI=1S/C13H19N3O2/c17-16(18)13-6-3-4-11(8-13)9-14-10-12-5-1-2-7-15-12/h3-4,6,8,12,14-15H,1-2,5,7,9-10H2. The molecule has 98 valence electrons. The first kappa shape index (κ1) is 13.0. The number of nitro groups is 1. The lowest BCUT2D eigenvalue weighted by Gasteiger charge is -2.23. The zero-order chi connectivity index (χ0) is 12.8. The van der Waals surface area contributed by atoms with Gasteiger partial charge in [0.05, 0.1) is 4.92 Å². The highest BCUT2D eigenvalue weighted by atomic mass is 16.6. The van der Waals surface area contributed by atoms with Crippen molar-refractivity contribution < 1.29 is 4.92 Å². The van der Waals surface area contributed by atoms with Gasteiger partial charge in [0.15, 0.2) is 0 Å². The highest BCUT2D eigenvalue weighted by Crippen LogP contribution is 2.13. The molecule has 1 saturated heterocycles. The first-order valence-electron chi connectivity index (χ1n) is 6.43. The summed E-state index contributed by atoms with van der Waals surface area (Å²) >= 11 is 0. The SMILES string of the molecule is O=[N+]([O-])c1cccc(CNCC2CCCCN2)c1. The highest BCUT2D eigenvalue weighted by molar-refractivity contribution is 5.34. The molecule has 5 nitrogen and oxygen atoms in total. The molecule has 0 spiro atoms. The molecule has 1 aliphatic heterocycles. The average Bonchev–Trinajstić information content (AvgIpc) is 2.40. The van der Waals surface area contributed by atoms with Gasteiger partial charge in [-0.1, -0.05) is 18.6 Å². The Kier molecular flexibility index (Phi) is 4.66. The maximum absolute atomic E-state index is 10.6.